The van der Waals surface area contributed by atoms with Crippen LogP contribution in [0, 0.1) is 11.8 Å². The second kappa shape index (κ2) is 13.3. The summed E-state index contributed by atoms with van der Waals surface area (Å²) in [7, 11) is 0.843. The van der Waals surface area contributed by atoms with Gasteiger partial charge in [0, 0.05) is 0 Å². The molecule has 202 valence electrons. The molecule has 0 amide bonds. The van der Waals surface area contributed by atoms with Crippen LogP contribution in [0.15, 0.2) is 109 Å². The first-order valence-corrected chi connectivity index (χ1v) is 19.9. The third-order valence-electron chi connectivity index (χ3n) is 8.31. The Labute approximate surface area is 255 Å². The maximum absolute atomic E-state index is 5.70. The number of halogens is 1. The average molecular weight is 736 g/mol. The van der Waals surface area contributed by atoms with Crippen molar-refractivity contribution in [1.82, 2.24) is 0 Å². The molecule has 0 aromatic heterocycles. The van der Waals surface area contributed by atoms with Gasteiger partial charge in [-0.25, -0.2) is 0 Å². The summed E-state index contributed by atoms with van der Waals surface area (Å²) >= 11 is 4.72. The van der Waals surface area contributed by atoms with Gasteiger partial charge in [-0.3, -0.25) is 0 Å². The molecule has 0 heterocycles. The molecular weight excluding hydrogens is 701 g/mol. The number of ether oxygens (including phenoxy) is 1. The van der Waals surface area contributed by atoms with Crippen molar-refractivity contribution in [1.29, 1.82) is 0 Å². The average Bonchev–Trinajstić information content (AvgIpc) is 3.39. The Bertz CT molecular complexity index is 1470. The molecule has 5 aromatic carbocycles. The van der Waals surface area contributed by atoms with Crippen LogP contribution in [0.3, 0.4) is 0 Å². The molecule has 39 heavy (non-hydrogen) atoms. The zero-order valence-corrected chi connectivity index (χ0v) is 27.2. The molecule has 0 radical (unpaired) electrons. The Morgan fingerprint density at radius 3 is 1.92 bits per heavy atom. The van der Waals surface area contributed by atoms with E-state index in [4.69, 9.17) is 4.74 Å². The molecule has 2 atom stereocenters. The van der Waals surface area contributed by atoms with E-state index in [1.807, 2.05) is 19.5 Å². The zero-order chi connectivity index (χ0) is 27.2. The van der Waals surface area contributed by atoms with E-state index < -0.39 is 7.92 Å². The molecule has 0 bridgehead atoms. The minimum atomic E-state index is -0.944. The van der Waals surface area contributed by atoms with Crippen LogP contribution in [0.1, 0.15) is 37.7 Å². The van der Waals surface area contributed by atoms with Gasteiger partial charge in [0.1, 0.15) is 5.75 Å². The van der Waals surface area contributed by atoms with Gasteiger partial charge < -0.3 is 11.2 Å². The van der Waals surface area contributed by atoms with Crippen molar-refractivity contribution in [3.63, 3.8) is 0 Å². The Balaban J connectivity index is 0.00000151. The molecular formula is C35H35IOPPd+. The van der Waals surface area contributed by atoms with E-state index in [9.17, 15) is 0 Å². The van der Waals surface area contributed by atoms with Gasteiger partial charge in [-0.2, -0.15) is 5.41 Å². The van der Waals surface area contributed by atoms with E-state index in [2.05, 4.69) is 138 Å². The summed E-state index contributed by atoms with van der Waals surface area (Å²) in [5.41, 5.74) is 1.58. The first-order chi connectivity index (χ1) is 19.1. The Kier molecular flexibility index (Phi) is 9.79. The van der Waals surface area contributed by atoms with E-state index in [1.54, 1.807) is 7.11 Å². The van der Waals surface area contributed by atoms with Crippen molar-refractivity contribution < 1.29 is 20.3 Å². The minimum absolute atomic E-state index is 0.245. The van der Waals surface area contributed by atoms with Crippen LogP contribution in [0.4, 0.5) is 0 Å². The fraction of sp³-hybridized carbons (Fsp3) is 0.229. The Morgan fingerprint density at radius 2 is 1.33 bits per heavy atom. The van der Waals surface area contributed by atoms with Crippen molar-refractivity contribution in [3.05, 3.63) is 121 Å². The number of benzene rings is 5. The summed E-state index contributed by atoms with van der Waals surface area (Å²) in [6.07, 6.45) is 7.51. The summed E-state index contributed by atoms with van der Waals surface area (Å²) in [6.45, 7) is 2.47. The second-order valence-corrected chi connectivity index (χ2v) is 13.4. The van der Waals surface area contributed by atoms with Crippen LogP contribution in [0.25, 0.3) is 21.5 Å². The molecule has 0 aliphatic heterocycles. The summed E-state index contributed by atoms with van der Waals surface area (Å²) < 4.78 is 5.70. The molecule has 1 aliphatic carbocycles. The van der Waals surface area contributed by atoms with Crippen LogP contribution in [-0.2, 0) is 15.6 Å². The maximum atomic E-state index is 5.70. The predicted molar refractivity (Wildman–Crippen MR) is 176 cm³/mol. The van der Waals surface area contributed by atoms with Crippen LogP contribution in [0.5, 0.6) is 5.75 Å². The number of hydrogen-bond acceptors (Lipinski definition) is 1. The fourth-order valence-corrected chi connectivity index (χ4v) is 9.14. The van der Waals surface area contributed by atoms with Crippen molar-refractivity contribution in [2.45, 2.75) is 32.1 Å². The van der Waals surface area contributed by atoms with E-state index in [0.29, 0.717) is 5.92 Å². The van der Waals surface area contributed by atoms with Crippen LogP contribution >= 0.6 is 27.4 Å². The SMILES string of the molecule is COc1ccccc1C1[CH-]C(C)(CC[PH+](c2ccc3ccccc3c2)c2ccc3ccccc3c2)CC1.[Pd+][I]. The van der Waals surface area contributed by atoms with Crippen LogP contribution < -0.4 is 15.3 Å². The molecule has 0 N–H and O–H groups in total. The number of rotatable bonds is 7. The van der Waals surface area contributed by atoms with Gasteiger partial charge in [0.15, 0.2) is 0 Å². The number of fused-ring (bicyclic) bond motifs is 2. The molecule has 5 aromatic rings. The molecule has 0 spiro atoms. The van der Waals surface area contributed by atoms with Crippen molar-refractivity contribution in [3.8, 4) is 5.75 Å². The molecule has 1 fully saturated rings. The Hall–Kier alpha value is -1.76. The summed E-state index contributed by atoms with van der Waals surface area (Å²) in [5.74, 6) is 1.49. The van der Waals surface area contributed by atoms with Gasteiger partial charge in [-0.1, -0.05) is 98.6 Å². The number of methoxy groups -OCH3 is 1. The third kappa shape index (κ3) is 6.60. The number of para-hydroxylation sites is 1. The molecule has 2 unspecified atom stereocenters. The standard InChI is InChI=1S/C35H34OP.HI.Pd/c1-35(20-19-30(25-35)33-13-7-8-14-34(33)36-2)21-22-37(31-17-15-26-9-3-5-11-28(26)23-31)32-18-16-27-10-4-6-12-29(27)24-32;;/h3-18,23-25,30H,19-22H2,1-2H3;1H;/q-1;;+2. The van der Waals surface area contributed by atoms with Gasteiger partial charge in [0.25, 0.3) is 0 Å². The molecule has 1 saturated carbocycles. The topological polar surface area (TPSA) is 9.23 Å². The molecule has 6 rings (SSSR count). The van der Waals surface area contributed by atoms with Gasteiger partial charge in [0.2, 0.25) is 0 Å². The van der Waals surface area contributed by atoms with E-state index in [-0.39, 0.29) is 5.41 Å². The first-order valence-electron chi connectivity index (χ1n) is 13.6. The van der Waals surface area contributed by atoms with Gasteiger partial charge in [0.05, 0.1) is 31.8 Å². The first kappa shape index (κ1) is 28.8. The predicted octanol–water partition coefficient (Wildman–Crippen LogP) is 9.23. The summed E-state index contributed by atoms with van der Waals surface area (Å²) in [5, 5.41) is 8.36. The summed E-state index contributed by atoms with van der Waals surface area (Å²) in [4.78, 5) is 0. The van der Waals surface area contributed by atoms with Gasteiger partial charge in [-0.15, -0.1) is 5.92 Å². The van der Waals surface area contributed by atoms with Crippen molar-refractivity contribution >= 4 is 59.6 Å². The zero-order valence-electron chi connectivity index (χ0n) is 22.5. The van der Waals surface area contributed by atoms with Crippen molar-refractivity contribution in [2.75, 3.05) is 13.3 Å². The van der Waals surface area contributed by atoms with E-state index in [0.717, 1.165) is 5.75 Å². The quantitative estimate of drug-likeness (QED) is 0.0702. The Morgan fingerprint density at radius 1 is 0.795 bits per heavy atom. The summed E-state index contributed by atoms with van der Waals surface area (Å²) in [6, 6.07) is 40.4. The molecule has 0 saturated heterocycles. The normalized spacial score (nSPS) is 18.8. The molecule has 4 heteroatoms. The van der Waals surface area contributed by atoms with Gasteiger partial charge in [-0.05, 0) is 63.9 Å². The van der Waals surface area contributed by atoms with Crippen LogP contribution in [0.2, 0.25) is 0 Å². The second-order valence-electron chi connectivity index (χ2n) is 10.8. The third-order valence-corrected chi connectivity index (χ3v) is 11.1. The molecule has 1 aliphatic rings. The fourth-order valence-electron chi connectivity index (χ4n) is 6.18. The van der Waals surface area contributed by atoms with E-state index in [1.165, 1.54) is 63.1 Å². The van der Waals surface area contributed by atoms with E-state index >= 15 is 0 Å². The van der Waals surface area contributed by atoms with Crippen LogP contribution in [-0.4, -0.2) is 13.3 Å². The van der Waals surface area contributed by atoms with Gasteiger partial charge >= 0.3 is 35.1 Å². The number of hydrogen-bond donors (Lipinski definition) is 0. The van der Waals surface area contributed by atoms with Crippen molar-refractivity contribution in [2.24, 2.45) is 5.41 Å². The molecule has 1 nitrogen and oxygen atoms in total. The monoisotopic (exact) mass is 735 g/mol.